The maximum absolute atomic E-state index is 2.36. The molecule has 0 amide bonds. The minimum atomic E-state index is 0.0237. The molecule has 0 saturated carbocycles. The van der Waals surface area contributed by atoms with Gasteiger partial charge in [-0.05, 0) is 215 Å². The zero-order valence-corrected chi connectivity index (χ0v) is 59.9. The van der Waals surface area contributed by atoms with Crippen LogP contribution in [0.3, 0.4) is 0 Å². The van der Waals surface area contributed by atoms with Gasteiger partial charge in [0, 0.05) is 0 Å². The van der Waals surface area contributed by atoms with E-state index in [4.69, 9.17) is 0 Å². The van der Waals surface area contributed by atoms with E-state index < -0.39 is 0 Å². The molecule has 0 nitrogen and oxygen atoms in total. The third-order valence-electron chi connectivity index (χ3n) is 21.0. The Morgan fingerprint density at radius 1 is 0.147 bits per heavy atom. The van der Waals surface area contributed by atoms with Gasteiger partial charge in [0.05, 0.1) is 0 Å². The zero-order chi connectivity index (χ0) is 69.9. The fourth-order valence-corrected chi connectivity index (χ4v) is 16.0. The van der Waals surface area contributed by atoms with Gasteiger partial charge in [-0.15, -0.1) is 0 Å². The van der Waals surface area contributed by atoms with Crippen molar-refractivity contribution in [3.05, 3.63) is 362 Å². The smallest absolute Gasteiger partial charge is 0.00615 e. The van der Waals surface area contributed by atoms with E-state index in [1.165, 1.54) is 180 Å². The van der Waals surface area contributed by atoms with E-state index in [1.807, 2.05) is 0 Å². The van der Waals surface area contributed by atoms with Gasteiger partial charge in [0.2, 0.25) is 0 Å². The fourth-order valence-electron chi connectivity index (χ4n) is 16.0. The van der Waals surface area contributed by atoms with Crippen LogP contribution in [0.1, 0.15) is 79.0 Å². The Hall–Kier alpha value is -11.7. The first kappa shape index (κ1) is 64.9. The summed E-state index contributed by atoms with van der Waals surface area (Å²) in [5.41, 5.74) is 19.8. The molecule has 492 valence electrons. The quantitative estimate of drug-likeness (QED) is 0.156. The second kappa shape index (κ2) is 26.4. The summed E-state index contributed by atoms with van der Waals surface area (Å²) in [6, 6.07) is 127. The Morgan fingerprint density at radius 3 is 0.775 bits per heavy atom. The van der Waals surface area contributed by atoms with Gasteiger partial charge in [0.15, 0.2) is 0 Å². The minimum absolute atomic E-state index is 0.0237. The lowest BCUT2D eigenvalue weighted by Gasteiger charge is -2.26. The van der Waals surface area contributed by atoms with Crippen LogP contribution < -0.4 is 0 Å². The molecule has 0 aromatic heterocycles. The van der Waals surface area contributed by atoms with Crippen molar-refractivity contribution in [2.75, 3.05) is 0 Å². The maximum atomic E-state index is 2.36. The van der Waals surface area contributed by atoms with Crippen molar-refractivity contribution in [2.24, 2.45) is 0 Å². The van der Waals surface area contributed by atoms with Crippen LogP contribution in [-0.4, -0.2) is 0 Å². The predicted molar refractivity (Wildman–Crippen MR) is 446 cm³/mol. The van der Waals surface area contributed by atoms with Gasteiger partial charge in [-0.3, -0.25) is 0 Å². The van der Waals surface area contributed by atoms with Crippen LogP contribution in [0.15, 0.2) is 346 Å². The van der Waals surface area contributed by atoms with E-state index in [0.717, 1.165) is 0 Å². The lowest BCUT2D eigenvalue weighted by molar-refractivity contribution is 0.592. The second-order valence-corrected chi connectivity index (χ2v) is 30.7. The molecule has 0 unspecified atom stereocenters. The van der Waals surface area contributed by atoms with Gasteiger partial charge in [-0.1, -0.05) is 390 Å². The van der Waals surface area contributed by atoms with Crippen LogP contribution in [-0.2, 0) is 16.2 Å². The van der Waals surface area contributed by atoms with Gasteiger partial charge in [-0.25, -0.2) is 0 Å². The molecule has 0 atom stereocenters. The molecule has 0 heteroatoms. The second-order valence-electron chi connectivity index (χ2n) is 30.7. The summed E-state index contributed by atoms with van der Waals surface area (Å²) in [6.07, 6.45) is 0. The van der Waals surface area contributed by atoms with Crippen LogP contribution >= 0.6 is 0 Å². The van der Waals surface area contributed by atoms with E-state index >= 15 is 0 Å². The van der Waals surface area contributed by atoms with Gasteiger partial charge < -0.3 is 0 Å². The number of fused-ring (bicyclic) bond motifs is 9. The lowest BCUT2D eigenvalue weighted by Crippen LogP contribution is -2.13. The SMILES string of the molecule is CC(C)(C)c1ccc2c(-c3ccc4ccccc4c3)cccc2c1-c1ccc2ccccc2c1.CC(C)(C)c1ccc2c(-c3cccc4ccccc34)cccc2c1-c1ccc2ccccc2c1.CC(C)(C)c1ccc2c(-c3cccc4ccccc34)cccc2c1-c1cccc2ccccc12. The van der Waals surface area contributed by atoms with Crippen LogP contribution in [0.5, 0.6) is 0 Å². The maximum Gasteiger partial charge on any atom is -0.00615 e. The Morgan fingerprint density at radius 2 is 0.392 bits per heavy atom. The van der Waals surface area contributed by atoms with E-state index in [1.54, 1.807) is 0 Å². The summed E-state index contributed by atoms with van der Waals surface area (Å²) in [5.74, 6) is 0. The van der Waals surface area contributed by atoms with E-state index in [9.17, 15) is 0 Å². The molecule has 0 heterocycles. The van der Waals surface area contributed by atoms with Crippen LogP contribution in [0, 0.1) is 0 Å². The number of rotatable bonds is 6. The van der Waals surface area contributed by atoms with Gasteiger partial charge >= 0.3 is 0 Å². The first-order valence-electron chi connectivity index (χ1n) is 36.1. The number of benzene rings is 18. The molecule has 0 radical (unpaired) electrons. The average Bonchev–Trinajstić information content (AvgIpc) is 0.766. The molecule has 0 saturated heterocycles. The Labute approximate surface area is 600 Å². The highest BCUT2D eigenvalue weighted by Gasteiger charge is 2.26. The Kier molecular flexibility index (Phi) is 16.8. The Balaban J connectivity index is 0.000000118. The largest absolute Gasteiger partial charge is 0.0616 e. The molecule has 0 fully saturated rings. The fraction of sp³-hybridized carbons (Fsp3) is 0.118. The highest BCUT2D eigenvalue weighted by Crippen LogP contribution is 2.48. The van der Waals surface area contributed by atoms with Gasteiger partial charge in [0.25, 0.3) is 0 Å². The highest BCUT2D eigenvalue weighted by molar-refractivity contribution is 6.14. The van der Waals surface area contributed by atoms with Crippen LogP contribution in [0.2, 0.25) is 0 Å². The van der Waals surface area contributed by atoms with Crippen molar-refractivity contribution >= 4 is 97.0 Å². The van der Waals surface area contributed by atoms with Gasteiger partial charge in [0.1, 0.15) is 0 Å². The molecule has 0 aliphatic carbocycles. The van der Waals surface area contributed by atoms with E-state index in [0.29, 0.717) is 0 Å². The van der Waals surface area contributed by atoms with Crippen molar-refractivity contribution in [3.63, 3.8) is 0 Å². The molecule has 18 rings (SSSR count). The lowest BCUT2D eigenvalue weighted by atomic mass is 9.78. The number of hydrogen-bond acceptors (Lipinski definition) is 0. The van der Waals surface area contributed by atoms with Crippen molar-refractivity contribution < 1.29 is 0 Å². The summed E-state index contributed by atoms with van der Waals surface area (Å²) >= 11 is 0. The van der Waals surface area contributed by atoms with Gasteiger partial charge in [-0.2, -0.15) is 0 Å². The average molecular weight is 1310 g/mol. The topological polar surface area (TPSA) is 0 Å². The third-order valence-corrected chi connectivity index (χ3v) is 21.0. The first-order chi connectivity index (χ1) is 49.5. The number of hydrogen-bond donors (Lipinski definition) is 0. The van der Waals surface area contributed by atoms with Crippen molar-refractivity contribution in [1.82, 2.24) is 0 Å². The predicted octanol–water partition coefficient (Wildman–Crippen LogP) is 29.3. The summed E-state index contributed by atoms with van der Waals surface area (Å²) in [6.45, 7) is 20.8. The van der Waals surface area contributed by atoms with Crippen molar-refractivity contribution in [2.45, 2.75) is 78.6 Å². The molecule has 0 N–H and O–H groups in total. The van der Waals surface area contributed by atoms with Crippen molar-refractivity contribution in [3.8, 4) is 66.8 Å². The zero-order valence-electron chi connectivity index (χ0n) is 59.9. The molecule has 0 bridgehead atoms. The monoisotopic (exact) mass is 1310 g/mol. The molecule has 0 aliphatic heterocycles. The van der Waals surface area contributed by atoms with Crippen LogP contribution in [0.4, 0.5) is 0 Å². The Bertz CT molecular complexity index is 6220. The molecular weight excluding hydrogens is 1230 g/mol. The summed E-state index contributed by atoms with van der Waals surface area (Å²) < 4.78 is 0. The third kappa shape index (κ3) is 12.3. The molecule has 102 heavy (non-hydrogen) atoms. The standard InChI is InChI=1S/3C34H28/c1-34(2,3)32-22-21-29-28(27-17-8-13-23-11-4-6-15-25(23)27)18-10-20-31(29)33(32)30-19-9-14-24-12-5-7-16-26(24)30;1-34(2,3)32-20-19-30-29(27-17-15-23-9-4-6-11-25(23)21-27)13-8-14-31(30)33(32)28-18-16-24-10-5-7-12-26(24)22-28;1-34(2,3)32-21-20-30-29(28-15-8-13-24-11-6-7-14-27(24)28)16-9-17-31(30)33(32)26-19-18-23-10-4-5-12-25(23)22-26/h3*4-22H,1-3H3. The molecule has 18 aromatic carbocycles. The first-order valence-corrected chi connectivity index (χ1v) is 36.1. The summed E-state index contributed by atoms with van der Waals surface area (Å²) in [4.78, 5) is 0. The molecule has 0 aliphatic rings. The summed E-state index contributed by atoms with van der Waals surface area (Å²) in [5, 5.41) is 23.2. The minimum Gasteiger partial charge on any atom is -0.0616 e. The summed E-state index contributed by atoms with van der Waals surface area (Å²) in [7, 11) is 0. The van der Waals surface area contributed by atoms with E-state index in [-0.39, 0.29) is 16.2 Å². The normalized spacial score (nSPS) is 12.0. The van der Waals surface area contributed by atoms with E-state index in [2.05, 4.69) is 408 Å². The highest BCUT2D eigenvalue weighted by atomic mass is 14.3. The molecule has 0 spiro atoms. The van der Waals surface area contributed by atoms with Crippen molar-refractivity contribution in [1.29, 1.82) is 0 Å². The van der Waals surface area contributed by atoms with Crippen LogP contribution in [0.25, 0.3) is 164 Å². The molecule has 18 aromatic rings. The molecular formula is C102H84.